The van der Waals surface area contributed by atoms with Gasteiger partial charge in [0, 0.05) is 0 Å². The molecule has 0 N–H and O–H groups in total. The van der Waals surface area contributed by atoms with Crippen LogP contribution >= 0.6 is 15.9 Å². The lowest BCUT2D eigenvalue weighted by molar-refractivity contribution is 0.555. The largest absolute Gasteiger partial charge is 0.306 e. The smallest absolute Gasteiger partial charge is 0.195 e. The molecule has 0 saturated heterocycles. The molecule has 0 heterocycles. The summed E-state index contributed by atoms with van der Waals surface area (Å²) >= 11 is 2.79. The lowest BCUT2D eigenvalue weighted by Gasteiger charge is -1.79. The fraction of sp³-hybridized carbons (Fsp3) is 0.333. The molecule has 0 aromatic rings. The normalized spacial score (nSPS) is 12.8. The first kappa shape index (κ1) is 8.10. The van der Waals surface area contributed by atoms with Gasteiger partial charge in [-0.1, -0.05) is 22.0 Å². The van der Waals surface area contributed by atoms with E-state index in [1.807, 2.05) is 0 Å². The summed E-state index contributed by atoms with van der Waals surface area (Å²) in [6.45, 7) is 0. The van der Waals surface area contributed by atoms with Gasteiger partial charge in [-0.15, -0.1) is 3.89 Å². The van der Waals surface area contributed by atoms with Crippen molar-refractivity contribution in [3.8, 4) is 0 Å². The summed E-state index contributed by atoms with van der Waals surface area (Å²) < 4.78 is 30.8. The zero-order valence-electron chi connectivity index (χ0n) is 3.84. The molecule has 0 bridgehead atoms. The van der Waals surface area contributed by atoms with Crippen molar-refractivity contribution in [2.75, 3.05) is 5.75 Å². The van der Waals surface area contributed by atoms with Gasteiger partial charge in [0.25, 0.3) is 0 Å². The zero-order chi connectivity index (χ0) is 6.62. The van der Waals surface area contributed by atoms with Gasteiger partial charge in [0.05, 0.1) is 5.75 Å². The Balaban J connectivity index is 3.76. The van der Waals surface area contributed by atoms with Crippen LogP contribution in [0, 0.1) is 0 Å². The molecule has 0 rings (SSSR count). The molecule has 0 radical (unpaired) electrons. The van der Waals surface area contributed by atoms with Gasteiger partial charge in [-0.05, 0) is 4.99 Å². The highest BCUT2D eigenvalue weighted by Gasteiger charge is 2.00. The molecule has 0 unspecified atom stereocenters. The molecule has 0 atom stereocenters. The van der Waals surface area contributed by atoms with E-state index in [2.05, 4.69) is 15.9 Å². The Hall–Kier alpha value is 0.1000. The second kappa shape index (κ2) is 3.19. The number of hydrogen-bond acceptors (Lipinski definition) is 2. The van der Waals surface area contributed by atoms with Crippen LogP contribution in [0.15, 0.2) is 11.1 Å². The van der Waals surface area contributed by atoms with Crippen molar-refractivity contribution in [3.05, 3.63) is 11.1 Å². The van der Waals surface area contributed by atoms with Gasteiger partial charge in [0.2, 0.25) is 0 Å². The predicted molar refractivity (Wildman–Crippen MR) is 33.0 cm³/mol. The monoisotopic (exact) mass is 202 g/mol. The van der Waals surface area contributed by atoms with Gasteiger partial charge in [0.1, 0.15) is 0 Å². The molecule has 0 aliphatic carbocycles. The van der Waals surface area contributed by atoms with Crippen LogP contribution < -0.4 is 0 Å². The highest BCUT2D eigenvalue weighted by molar-refractivity contribution is 9.11. The lowest BCUT2D eigenvalue weighted by Crippen LogP contribution is -1.92. The lowest BCUT2D eigenvalue weighted by atomic mass is 10.8. The van der Waals surface area contributed by atoms with Gasteiger partial charge < -0.3 is 0 Å². The van der Waals surface area contributed by atoms with Crippen molar-refractivity contribution in [2.45, 2.75) is 0 Å². The van der Waals surface area contributed by atoms with Crippen molar-refractivity contribution < 1.29 is 12.3 Å². The van der Waals surface area contributed by atoms with Gasteiger partial charge in [-0.3, -0.25) is 0 Å². The van der Waals surface area contributed by atoms with E-state index < -0.39 is 16.0 Å². The Morgan fingerprint density at radius 3 is 2.25 bits per heavy atom. The quantitative estimate of drug-likeness (QED) is 0.631. The minimum atomic E-state index is -4.30. The Morgan fingerprint density at radius 2 is 2.12 bits per heavy atom. The van der Waals surface area contributed by atoms with E-state index in [0.717, 1.165) is 6.08 Å². The van der Waals surface area contributed by atoms with E-state index >= 15 is 0 Å². The molecule has 5 heteroatoms. The average molecular weight is 203 g/mol. The maximum atomic E-state index is 11.5. The molecule has 0 aromatic carbocycles. The van der Waals surface area contributed by atoms with E-state index in [1.54, 1.807) is 0 Å². The van der Waals surface area contributed by atoms with Gasteiger partial charge in [-0.2, -0.15) is 8.42 Å². The third kappa shape index (κ3) is 6.10. The van der Waals surface area contributed by atoms with Crippen LogP contribution in [0.5, 0.6) is 0 Å². The molecule has 0 saturated carbocycles. The molecule has 0 fully saturated rings. The first-order chi connectivity index (χ1) is 3.56. The summed E-state index contributed by atoms with van der Waals surface area (Å²) in [6, 6.07) is 0. The van der Waals surface area contributed by atoms with E-state index in [4.69, 9.17) is 0 Å². The van der Waals surface area contributed by atoms with Crippen LogP contribution in [0.4, 0.5) is 3.89 Å². The molecule has 0 aliphatic rings. The summed E-state index contributed by atoms with van der Waals surface area (Å²) in [5.41, 5.74) is 0. The fourth-order valence-electron chi connectivity index (χ4n) is 0.151. The topological polar surface area (TPSA) is 34.1 Å². The Bertz CT molecular complexity index is 172. The maximum absolute atomic E-state index is 11.5. The Labute approximate surface area is 55.7 Å². The van der Waals surface area contributed by atoms with Gasteiger partial charge >= 0.3 is 10.2 Å². The van der Waals surface area contributed by atoms with Crippen LogP contribution in [0.3, 0.4) is 0 Å². The molecule has 0 amide bonds. The van der Waals surface area contributed by atoms with Crippen LogP contribution in [0.25, 0.3) is 0 Å². The second-order valence-electron chi connectivity index (χ2n) is 1.07. The van der Waals surface area contributed by atoms with E-state index in [1.165, 1.54) is 4.99 Å². The van der Waals surface area contributed by atoms with E-state index in [0.29, 0.717) is 0 Å². The van der Waals surface area contributed by atoms with Gasteiger partial charge in [0.15, 0.2) is 0 Å². The minimum Gasteiger partial charge on any atom is -0.195 e. The van der Waals surface area contributed by atoms with Gasteiger partial charge in [-0.25, -0.2) is 0 Å². The summed E-state index contributed by atoms with van der Waals surface area (Å²) in [4.78, 5) is 1.30. The standard InChI is InChI=1S/C3H4BrFO2S/c4-2-1-3-8(5,6)7/h1-2H,3H2/b2-1+. The number of rotatable bonds is 2. The number of halogens is 2. The van der Waals surface area contributed by atoms with Crippen LogP contribution in [0.1, 0.15) is 0 Å². The first-order valence-corrected chi connectivity index (χ1v) is 4.20. The highest BCUT2D eigenvalue weighted by atomic mass is 79.9. The molecule has 48 valence electrons. The molecule has 0 aliphatic heterocycles. The average Bonchev–Trinajstić information content (AvgIpc) is 1.59. The summed E-state index contributed by atoms with van der Waals surface area (Å²) in [7, 11) is -4.30. The minimum absolute atomic E-state index is 0.557. The first-order valence-electron chi connectivity index (χ1n) is 1.74. The van der Waals surface area contributed by atoms with Crippen molar-refractivity contribution in [3.63, 3.8) is 0 Å². The van der Waals surface area contributed by atoms with Crippen molar-refractivity contribution in [1.82, 2.24) is 0 Å². The summed E-state index contributed by atoms with van der Waals surface area (Å²) in [6.07, 6.45) is 1.16. The van der Waals surface area contributed by atoms with Crippen molar-refractivity contribution in [1.29, 1.82) is 0 Å². The van der Waals surface area contributed by atoms with E-state index in [-0.39, 0.29) is 0 Å². The molecular formula is C3H4BrFO2S. The SMILES string of the molecule is O=S(=O)(F)C/C=C/Br. The zero-order valence-corrected chi connectivity index (χ0v) is 6.24. The van der Waals surface area contributed by atoms with Crippen LogP contribution in [-0.4, -0.2) is 14.2 Å². The number of hydrogen-bond donors (Lipinski definition) is 0. The molecule has 0 aromatic heterocycles. The highest BCUT2D eigenvalue weighted by Crippen LogP contribution is 1.92. The molecule has 2 nitrogen and oxygen atoms in total. The van der Waals surface area contributed by atoms with Crippen LogP contribution in [0.2, 0.25) is 0 Å². The summed E-state index contributed by atoms with van der Waals surface area (Å²) in [5, 5.41) is 0. The molecule has 0 spiro atoms. The molecular weight excluding hydrogens is 199 g/mol. The maximum Gasteiger partial charge on any atom is 0.306 e. The van der Waals surface area contributed by atoms with Crippen LogP contribution in [-0.2, 0) is 10.2 Å². The third-order valence-corrected chi connectivity index (χ3v) is 1.35. The Morgan fingerprint density at radius 1 is 1.62 bits per heavy atom. The van der Waals surface area contributed by atoms with Crippen molar-refractivity contribution >= 4 is 26.2 Å². The van der Waals surface area contributed by atoms with E-state index in [9.17, 15) is 12.3 Å². The second-order valence-corrected chi connectivity index (χ2v) is 3.01. The third-order valence-electron chi connectivity index (χ3n) is 0.384. The fourth-order valence-corrected chi connectivity index (χ4v) is 0.912. The molecule has 8 heavy (non-hydrogen) atoms. The predicted octanol–water partition coefficient (Wildman–Crippen LogP) is 1.19. The summed E-state index contributed by atoms with van der Waals surface area (Å²) in [5.74, 6) is -0.557. The van der Waals surface area contributed by atoms with Crippen molar-refractivity contribution in [2.24, 2.45) is 0 Å². The Kier molecular flexibility index (Phi) is 3.23.